The van der Waals surface area contributed by atoms with Crippen molar-refractivity contribution in [3.05, 3.63) is 53.6 Å². The lowest BCUT2D eigenvalue weighted by Crippen LogP contribution is -1.98. The molecule has 4 heteroatoms. The summed E-state index contributed by atoms with van der Waals surface area (Å²) in [6.07, 6.45) is 0. The predicted molar refractivity (Wildman–Crippen MR) is 89.1 cm³/mol. The molecule has 0 spiro atoms. The van der Waals surface area contributed by atoms with Gasteiger partial charge in [-0.2, -0.15) is 0 Å². The van der Waals surface area contributed by atoms with E-state index in [1.165, 1.54) is 16.0 Å². The van der Waals surface area contributed by atoms with Gasteiger partial charge in [0.25, 0.3) is 0 Å². The predicted octanol–water partition coefficient (Wildman–Crippen LogP) is 4.44. The zero-order valence-corrected chi connectivity index (χ0v) is 13.2. The normalized spacial score (nSPS) is 10.8. The van der Waals surface area contributed by atoms with Gasteiger partial charge in [-0.15, -0.1) is 0 Å². The zero-order chi connectivity index (χ0) is 14.8. The van der Waals surface area contributed by atoms with Crippen LogP contribution >= 0.6 is 11.8 Å². The van der Waals surface area contributed by atoms with E-state index in [4.69, 9.17) is 0 Å². The lowest BCUT2D eigenvalue weighted by Gasteiger charge is -2.09. The lowest BCUT2D eigenvalue weighted by molar-refractivity contribution is 1.09. The summed E-state index contributed by atoms with van der Waals surface area (Å²) >= 11 is 1.68. The van der Waals surface area contributed by atoms with Crippen molar-refractivity contribution in [3.8, 4) is 0 Å². The SMILES string of the molecule is CNc1nc(Sc2ccc(C)c(C)c2)c2ccccc2n1. The number of rotatable bonds is 3. The minimum Gasteiger partial charge on any atom is -0.357 e. The summed E-state index contributed by atoms with van der Waals surface area (Å²) in [5.41, 5.74) is 3.57. The van der Waals surface area contributed by atoms with Crippen molar-refractivity contribution in [2.45, 2.75) is 23.8 Å². The molecule has 0 atom stereocenters. The topological polar surface area (TPSA) is 37.8 Å². The highest BCUT2D eigenvalue weighted by atomic mass is 32.2. The summed E-state index contributed by atoms with van der Waals surface area (Å²) in [6, 6.07) is 14.6. The molecule has 0 unspecified atom stereocenters. The largest absolute Gasteiger partial charge is 0.357 e. The monoisotopic (exact) mass is 295 g/mol. The molecule has 21 heavy (non-hydrogen) atoms. The molecule has 0 bridgehead atoms. The average Bonchev–Trinajstić information content (AvgIpc) is 2.51. The first-order valence-electron chi connectivity index (χ1n) is 6.87. The summed E-state index contributed by atoms with van der Waals surface area (Å²) in [5, 5.41) is 5.09. The number of aromatic nitrogens is 2. The number of hydrogen-bond donors (Lipinski definition) is 1. The molecule has 0 fully saturated rings. The Morgan fingerprint density at radius 2 is 1.76 bits per heavy atom. The molecule has 3 aromatic rings. The molecular formula is C17H17N3S. The maximum atomic E-state index is 4.61. The van der Waals surface area contributed by atoms with E-state index in [0.717, 1.165) is 15.9 Å². The van der Waals surface area contributed by atoms with Gasteiger partial charge >= 0.3 is 0 Å². The molecule has 0 saturated carbocycles. The third-order valence-corrected chi connectivity index (χ3v) is 4.48. The van der Waals surface area contributed by atoms with E-state index in [1.807, 2.05) is 25.2 Å². The van der Waals surface area contributed by atoms with E-state index >= 15 is 0 Å². The van der Waals surface area contributed by atoms with E-state index in [-0.39, 0.29) is 0 Å². The van der Waals surface area contributed by atoms with E-state index in [9.17, 15) is 0 Å². The van der Waals surface area contributed by atoms with Gasteiger partial charge in [0.05, 0.1) is 5.52 Å². The second-order valence-electron chi connectivity index (χ2n) is 4.97. The van der Waals surface area contributed by atoms with Crippen LogP contribution in [0.4, 0.5) is 5.95 Å². The molecule has 1 N–H and O–H groups in total. The average molecular weight is 295 g/mol. The Kier molecular flexibility index (Phi) is 3.80. The van der Waals surface area contributed by atoms with Crippen LogP contribution in [0.3, 0.4) is 0 Å². The second-order valence-corrected chi connectivity index (χ2v) is 6.03. The maximum Gasteiger partial charge on any atom is 0.224 e. The van der Waals surface area contributed by atoms with Crippen LogP contribution in [0.5, 0.6) is 0 Å². The highest BCUT2D eigenvalue weighted by molar-refractivity contribution is 7.99. The molecule has 0 radical (unpaired) electrons. The Balaban J connectivity index is 2.08. The highest BCUT2D eigenvalue weighted by Gasteiger charge is 2.09. The number of aryl methyl sites for hydroxylation is 2. The number of nitrogens with zero attached hydrogens (tertiary/aromatic N) is 2. The molecule has 0 saturated heterocycles. The zero-order valence-electron chi connectivity index (χ0n) is 12.3. The van der Waals surface area contributed by atoms with Crippen LogP contribution < -0.4 is 5.32 Å². The van der Waals surface area contributed by atoms with Crippen molar-refractivity contribution in [2.24, 2.45) is 0 Å². The van der Waals surface area contributed by atoms with Crippen molar-refractivity contribution in [1.82, 2.24) is 9.97 Å². The number of fused-ring (bicyclic) bond motifs is 1. The van der Waals surface area contributed by atoms with Crippen LogP contribution in [0.25, 0.3) is 10.9 Å². The van der Waals surface area contributed by atoms with Gasteiger partial charge in [0, 0.05) is 17.3 Å². The van der Waals surface area contributed by atoms with Crippen molar-refractivity contribution in [2.75, 3.05) is 12.4 Å². The van der Waals surface area contributed by atoms with E-state index in [2.05, 4.69) is 53.4 Å². The first-order chi connectivity index (χ1) is 10.2. The Labute approximate surface area is 128 Å². The molecule has 3 rings (SSSR count). The summed E-state index contributed by atoms with van der Waals surface area (Å²) in [6.45, 7) is 4.26. The maximum absolute atomic E-state index is 4.61. The molecule has 1 heterocycles. The fourth-order valence-corrected chi connectivity index (χ4v) is 3.14. The minimum absolute atomic E-state index is 0.653. The van der Waals surface area contributed by atoms with Gasteiger partial charge < -0.3 is 5.32 Å². The number of nitrogens with one attached hydrogen (secondary N) is 1. The summed E-state index contributed by atoms with van der Waals surface area (Å²) in [4.78, 5) is 10.3. The lowest BCUT2D eigenvalue weighted by atomic mass is 10.1. The van der Waals surface area contributed by atoms with E-state index in [0.29, 0.717) is 5.95 Å². The molecule has 0 aliphatic rings. The molecule has 0 aliphatic carbocycles. The van der Waals surface area contributed by atoms with Crippen LogP contribution in [0.2, 0.25) is 0 Å². The minimum atomic E-state index is 0.653. The first kappa shape index (κ1) is 13.9. The van der Waals surface area contributed by atoms with Gasteiger partial charge in [0.2, 0.25) is 5.95 Å². The van der Waals surface area contributed by atoms with Crippen molar-refractivity contribution in [1.29, 1.82) is 0 Å². The molecule has 3 nitrogen and oxygen atoms in total. The van der Waals surface area contributed by atoms with Crippen molar-refractivity contribution >= 4 is 28.6 Å². The first-order valence-corrected chi connectivity index (χ1v) is 7.68. The Morgan fingerprint density at radius 1 is 0.952 bits per heavy atom. The smallest absolute Gasteiger partial charge is 0.224 e. The van der Waals surface area contributed by atoms with Crippen LogP contribution in [-0.4, -0.2) is 17.0 Å². The van der Waals surface area contributed by atoms with Crippen LogP contribution in [0.15, 0.2) is 52.4 Å². The number of para-hydroxylation sites is 1. The van der Waals surface area contributed by atoms with Crippen LogP contribution in [0.1, 0.15) is 11.1 Å². The second kappa shape index (κ2) is 5.74. The molecule has 106 valence electrons. The van der Waals surface area contributed by atoms with Gasteiger partial charge in [-0.3, -0.25) is 0 Å². The molecule has 0 aliphatic heterocycles. The molecular weight excluding hydrogens is 278 g/mol. The van der Waals surface area contributed by atoms with Crippen molar-refractivity contribution < 1.29 is 0 Å². The highest BCUT2D eigenvalue weighted by Crippen LogP contribution is 2.33. The van der Waals surface area contributed by atoms with Gasteiger partial charge in [0.15, 0.2) is 0 Å². The number of hydrogen-bond acceptors (Lipinski definition) is 4. The van der Waals surface area contributed by atoms with Gasteiger partial charge in [-0.25, -0.2) is 9.97 Å². The number of benzene rings is 2. The molecule has 0 amide bonds. The summed E-state index contributed by atoms with van der Waals surface area (Å²) in [5.74, 6) is 0.653. The third-order valence-electron chi connectivity index (χ3n) is 3.48. The Bertz CT molecular complexity index is 799. The van der Waals surface area contributed by atoms with Crippen molar-refractivity contribution in [3.63, 3.8) is 0 Å². The van der Waals surface area contributed by atoms with Gasteiger partial charge in [-0.05, 0) is 43.2 Å². The molecule has 2 aromatic carbocycles. The number of anilines is 1. The van der Waals surface area contributed by atoms with Gasteiger partial charge in [-0.1, -0.05) is 36.0 Å². The van der Waals surface area contributed by atoms with Crippen LogP contribution in [-0.2, 0) is 0 Å². The Morgan fingerprint density at radius 3 is 2.52 bits per heavy atom. The summed E-state index contributed by atoms with van der Waals surface area (Å²) < 4.78 is 0. The summed E-state index contributed by atoms with van der Waals surface area (Å²) in [7, 11) is 1.84. The van der Waals surface area contributed by atoms with Gasteiger partial charge in [0.1, 0.15) is 5.03 Å². The quantitative estimate of drug-likeness (QED) is 0.725. The van der Waals surface area contributed by atoms with E-state index < -0.39 is 0 Å². The van der Waals surface area contributed by atoms with E-state index in [1.54, 1.807) is 11.8 Å². The third kappa shape index (κ3) is 2.85. The molecule has 1 aromatic heterocycles. The fourth-order valence-electron chi connectivity index (χ4n) is 2.13. The van der Waals surface area contributed by atoms with Crippen LogP contribution in [0, 0.1) is 13.8 Å². The Hall–Kier alpha value is -2.07. The standard InChI is InChI=1S/C17H17N3S/c1-11-8-9-13(10-12(11)2)21-16-14-6-4-5-7-15(14)19-17(18-3)20-16/h4-10H,1-3H3,(H,18,19,20). The fraction of sp³-hybridized carbons (Fsp3) is 0.176.